The van der Waals surface area contributed by atoms with Crippen molar-refractivity contribution in [2.45, 2.75) is 25.6 Å². The molecule has 1 heterocycles. The normalized spacial score (nSPS) is 12.7. The number of aromatic nitrogens is 1. The van der Waals surface area contributed by atoms with Crippen molar-refractivity contribution in [1.82, 2.24) is 4.98 Å². The van der Waals surface area contributed by atoms with Crippen LogP contribution >= 0.6 is 11.3 Å². The van der Waals surface area contributed by atoms with Gasteiger partial charge in [0, 0.05) is 17.3 Å². The van der Waals surface area contributed by atoms with Crippen molar-refractivity contribution in [3.05, 3.63) is 45.9 Å². The van der Waals surface area contributed by atoms with Crippen molar-refractivity contribution in [3.8, 4) is 6.07 Å². The molecule has 1 aromatic carbocycles. The fourth-order valence-corrected chi connectivity index (χ4v) is 2.69. The van der Waals surface area contributed by atoms with E-state index in [1.807, 2.05) is 12.3 Å². The third kappa shape index (κ3) is 3.52. The number of anilines is 1. The van der Waals surface area contributed by atoms with E-state index in [2.05, 4.69) is 10.3 Å². The van der Waals surface area contributed by atoms with E-state index >= 15 is 0 Å². The molecule has 0 saturated carbocycles. The predicted octanol–water partition coefficient (Wildman–Crippen LogP) is 4.60. The first-order chi connectivity index (χ1) is 9.95. The molecule has 2 aromatic rings. The van der Waals surface area contributed by atoms with Gasteiger partial charge in [0.15, 0.2) is 0 Å². The lowest BCUT2D eigenvalue weighted by atomic mass is 10.1. The molecule has 1 aromatic heterocycles. The van der Waals surface area contributed by atoms with E-state index in [1.54, 1.807) is 12.3 Å². The smallest absolute Gasteiger partial charge is 0.376 e. The minimum Gasteiger partial charge on any atom is -0.376 e. The second-order valence-electron chi connectivity index (χ2n) is 4.35. The Labute approximate surface area is 124 Å². The second-order valence-corrected chi connectivity index (χ2v) is 5.27. The van der Waals surface area contributed by atoms with Crippen molar-refractivity contribution < 1.29 is 13.2 Å². The van der Waals surface area contributed by atoms with Crippen molar-refractivity contribution in [2.24, 2.45) is 0 Å². The molecule has 0 aliphatic heterocycles. The molecule has 0 bridgehead atoms. The van der Waals surface area contributed by atoms with Crippen molar-refractivity contribution in [1.29, 1.82) is 5.26 Å². The fourth-order valence-electron chi connectivity index (χ4n) is 1.92. The summed E-state index contributed by atoms with van der Waals surface area (Å²) >= 11 is 1.47. The molecule has 110 valence electrons. The van der Waals surface area contributed by atoms with Crippen molar-refractivity contribution >= 4 is 17.0 Å². The lowest BCUT2D eigenvalue weighted by Gasteiger charge is -2.17. The molecule has 21 heavy (non-hydrogen) atoms. The fraction of sp³-hybridized carbons (Fsp3) is 0.286. The molecular weight excluding hydrogens is 299 g/mol. The van der Waals surface area contributed by atoms with Crippen LogP contribution in [0.2, 0.25) is 0 Å². The molecule has 3 nitrogen and oxygen atoms in total. The van der Waals surface area contributed by atoms with Crippen LogP contribution in [0.3, 0.4) is 0 Å². The van der Waals surface area contributed by atoms with Gasteiger partial charge in [0.25, 0.3) is 0 Å². The third-order valence-electron chi connectivity index (χ3n) is 2.94. The molecular formula is C14H12F3N3S. The lowest BCUT2D eigenvalue weighted by Crippen LogP contribution is -2.11. The Morgan fingerprint density at radius 2 is 2.19 bits per heavy atom. The molecule has 1 atom stereocenters. The molecule has 0 fully saturated rings. The lowest BCUT2D eigenvalue weighted by molar-refractivity contribution is -0.137. The number of thiazole rings is 1. The Kier molecular flexibility index (Phi) is 4.48. The molecule has 1 N–H and O–H groups in total. The van der Waals surface area contributed by atoms with Crippen LogP contribution in [0.5, 0.6) is 0 Å². The Bertz CT molecular complexity index is 644. The first kappa shape index (κ1) is 15.3. The van der Waals surface area contributed by atoms with Crippen LogP contribution in [0.1, 0.15) is 35.5 Å². The molecule has 0 saturated heterocycles. The first-order valence-corrected chi connectivity index (χ1v) is 7.11. The monoisotopic (exact) mass is 311 g/mol. The Morgan fingerprint density at radius 3 is 2.71 bits per heavy atom. The van der Waals surface area contributed by atoms with E-state index in [4.69, 9.17) is 5.26 Å². The zero-order valence-electron chi connectivity index (χ0n) is 11.1. The van der Waals surface area contributed by atoms with E-state index in [-0.39, 0.29) is 11.6 Å². The molecule has 0 amide bonds. The zero-order chi connectivity index (χ0) is 15.5. The third-order valence-corrected chi connectivity index (χ3v) is 3.83. The van der Waals surface area contributed by atoms with Crippen molar-refractivity contribution in [3.63, 3.8) is 0 Å². The maximum absolute atomic E-state index is 12.7. The summed E-state index contributed by atoms with van der Waals surface area (Å²) in [6.07, 6.45) is -2.11. The summed E-state index contributed by atoms with van der Waals surface area (Å²) in [6.45, 7) is 1.95. The number of nitriles is 1. The molecule has 0 spiro atoms. The van der Waals surface area contributed by atoms with Gasteiger partial charge in [-0.2, -0.15) is 18.4 Å². The van der Waals surface area contributed by atoms with Gasteiger partial charge in [-0.05, 0) is 24.6 Å². The van der Waals surface area contributed by atoms with Crippen LogP contribution in [0.4, 0.5) is 18.9 Å². The summed E-state index contributed by atoms with van der Waals surface area (Å²) < 4.78 is 38.2. The van der Waals surface area contributed by atoms with Crippen molar-refractivity contribution in [2.75, 3.05) is 5.32 Å². The van der Waals surface area contributed by atoms with E-state index in [0.717, 1.165) is 17.5 Å². The van der Waals surface area contributed by atoms with E-state index in [1.165, 1.54) is 23.5 Å². The predicted molar refractivity (Wildman–Crippen MR) is 74.9 cm³/mol. The summed E-state index contributed by atoms with van der Waals surface area (Å²) in [5.41, 5.74) is -0.832. The average molecular weight is 311 g/mol. The van der Waals surface area contributed by atoms with Gasteiger partial charge in [0.1, 0.15) is 5.01 Å². The number of rotatable bonds is 4. The maximum Gasteiger partial charge on any atom is 0.417 e. The molecule has 0 radical (unpaired) electrons. The SMILES string of the molecule is CCC(Nc1ccc(C(F)(F)F)c(C#N)c1)c1nccs1. The zero-order valence-corrected chi connectivity index (χ0v) is 11.9. The highest BCUT2D eigenvalue weighted by molar-refractivity contribution is 7.09. The molecule has 0 aliphatic rings. The summed E-state index contributed by atoms with van der Waals surface area (Å²) in [6, 6.07) is 4.99. The van der Waals surface area contributed by atoms with Gasteiger partial charge in [0.05, 0.1) is 23.2 Å². The molecule has 2 rings (SSSR count). The van der Waals surface area contributed by atoms with Gasteiger partial charge in [-0.25, -0.2) is 4.98 Å². The van der Waals surface area contributed by atoms with Crippen LogP contribution in [-0.4, -0.2) is 4.98 Å². The van der Waals surface area contributed by atoms with E-state index in [0.29, 0.717) is 5.69 Å². The molecule has 0 aliphatic carbocycles. The average Bonchev–Trinajstić information content (AvgIpc) is 2.97. The summed E-state index contributed by atoms with van der Waals surface area (Å²) in [5.74, 6) is 0. The minimum absolute atomic E-state index is 0.0896. The number of alkyl halides is 3. The topological polar surface area (TPSA) is 48.7 Å². The van der Waals surface area contributed by atoms with Crippen LogP contribution in [-0.2, 0) is 6.18 Å². The van der Waals surface area contributed by atoms with Crippen LogP contribution in [0.25, 0.3) is 0 Å². The van der Waals surface area contributed by atoms with Gasteiger partial charge < -0.3 is 5.32 Å². The summed E-state index contributed by atoms with van der Waals surface area (Å²) in [5, 5.41) is 14.7. The number of hydrogen-bond acceptors (Lipinski definition) is 4. The van der Waals surface area contributed by atoms with Gasteiger partial charge >= 0.3 is 6.18 Å². The quantitative estimate of drug-likeness (QED) is 0.898. The number of nitrogens with zero attached hydrogens (tertiary/aromatic N) is 2. The highest BCUT2D eigenvalue weighted by Gasteiger charge is 2.33. The van der Waals surface area contributed by atoms with Gasteiger partial charge in [0.2, 0.25) is 0 Å². The highest BCUT2D eigenvalue weighted by Crippen LogP contribution is 2.34. The molecule has 1 unspecified atom stereocenters. The van der Waals surface area contributed by atoms with Crippen LogP contribution in [0.15, 0.2) is 29.8 Å². The highest BCUT2D eigenvalue weighted by atomic mass is 32.1. The van der Waals surface area contributed by atoms with Gasteiger partial charge in [-0.15, -0.1) is 11.3 Å². The van der Waals surface area contributed by atoms with E-state index in [9.17, 15) is 13.2 Å². The number of benzene rings is 1. The largest absolute Gasteiger partial charge is 0.417 e. The molecule has 7 heteroatoms. The number of halogens is 3. The Balaban J connectivity index is 2.28. The van der Waals surface area contributed by atoms with Gasteiger partial charge in [-0.1, -0.05) is 6.92 Å². The summed E-state index contributed by atoms with van der Waals surface area (Å²) in [4.78, 5) is 4.19. The Hall–Kier alpha value is -2.07. The van der Waals surface area contributed by atoms with Crippen LogP contribution < -0.4 is 5.32 Å². The van der Waals surface area contributed by atoms with Gasteiger partial charge in [-0.3, -0.25) is 0 Å². The number of hydrogen-bond donors (Lipinski definition) is 1. The summed E-state index contributed by atoms with van der Waals surface area (Å²) in [7, 11) is 0. The first-order valence-electron chi connectivity index (χ1n) is 6.23. The van der Waals surface area contributed by atoms with Crippen LogP contribution in [0, 0.1) is 11.3 Å². The second kappa shape index (κ2) is 6.14. The maximum atomic E-state index is 12.7. The van der Waals surface area contributed by atoms with E-state index < -0.39 is 11.7 Å². The minimum atomic E-state index is -4.52. The Morgan fingerprint density at radius 1 is 1.43 bits per heavy atom. The standard InChI is InChI=1S/C14H12F3N3S/c1-2-12(13-19-5-6-21-13)20-10-3-4-11(14(15,16)17)9(7-10)8-18/h3-7,12,20H,2H2,1H3. The number of nitrogens with one attached hydrogen (secondary N) is 1.